The number of methoxy groups -OCH3 is 1. The van der Waals surface area contributed by atoms with Crippen molar-refractivity contribution in [2.24, 2.45) is 5.92 Å². The molecule has 0 unspecified atom stereocenters. The summed E-state index contributed by atoms with van der Waals surface area (Å²) < 4.78 is 14.2. The SMILES string of the molecule is COc1cc(-n2cnn3cc(-c4ccc(Cl)cc4)cc3c2=O)ccc1OC[C@H](O)C1CC1. The number of hydrogen-bond acceptors (Lipinski definition) is 5. The number of halogens is 1. The Bertz CT molecular complexity index is 1330. The Morgan fingerprint density at radius 3 is 2.62 bits per heavy atom. The van der Waals surface area contributed by atoms with Crippen LogP contribution in [0, 0.1) is 5.92 Å². The van der Waals surface area contributed by atoms with Crippen molar-refractivity contribution in [3.8, 4) is 28.3 Å². The van der Waals surface area contributed by atoms with Crippen LogP contribution >= 0.6 is 11.6 Å². The van der Waals surface area contributed by atoms with Crippen LogP contribution in [-0.4, -0.2) is 39.1 Å². The lowest BCUT2D eigenvalue weighted by atomic mass is 10.1. The summed E-state index contributed by atoms with van der Waals surface area (Å²) in [6.45, 7) is 0.214. The van der Waals surface area contributed by atoms with Gasteiger partial charge in [-0.3, -0.25) is 9.36 Å². The first-order chi connectivity index (χ1) is 15.5. The van der Waals surface area contributed by atoms with Crippen LogP contribution in [0.25, 0.3) is 22.3 Å². The molecule has 2 aromatic carbocycles. The molecule has 1 saturated carbocycles. The van der Waals surface area contributed by atoms with Gasteiger partial charge < -0.3 is 14.6 Å². The number of hydrogen-bond donors (Lipinski definition) is 1. The molecule has 4 aromatic rings. The van der Waals surface area contributed by atoms with Crippen molar-refractivity contribution in [1.29, 1.82) is 0 Å². The van der Waals surface area contributed by atoms with Crippen molar-refractivity contribution in [3.63, 3.8) is 0 Å². The minimum absolute atomic E-state index is 0.208. The molecule has 164 valence electrons. The van der Waals surface area contributed by atoms with Crippen LogP contribution in [0.15, 0.2) is 65.8 Å². The zero-order valence-electron chi connectivity index (χ0n) is 17.4. The first kappa shape index (κ1) is 20.6. The van der Waals surface area contributed by atoms with Gasteiger partial charge >= 0.3 is 0 Å². The molecule has 1 N–H and O–H groups in total. The first-order valence-electron chi connectivity index (χ1n) is 10.4. The summed E-state index contributed by atoms with van der Waals surface area (Å²) >= 11 is 5.98. The molecule has 7 nitrogen and oxygen atoms in total. The topological polar surface area (TPSA) is 78.0 Å². The Morgan fingerprint density at radius 2 is 1.91 bits per heavy atom. The Hall–Kier alpha value is -3.29. The fourth-order valence-corrected chi connectivity index (χ4v) is 3.82. The average Bonchev–Trinajstić information content (AvgIpc) is 3.57. The molecule has 1 fully saturated rings. The summed E-state index contributed by atoms with van der Waals surface area (Å²) in [6.07, 6.45) is 4.90. The number of ether oxygens (including phenoxy) is 2. The third-order valence-electron chi connectivity index (χ3n) is 5.71. The van der Waals surface area contributed by atoms with Crippen LogP contribution in [0.2, 0.25) is 5.02 Å². The number of rotatable bonds is 7. The van der Waals surface area contributed by atoms with Crippen molar-refractivity contribution in [2.45, 2.75) is 18.9 Å². The van der Waals surface area contributed by atoms with Gasteiger partial charge in [0.2, 0.25) is 0 Å². The van der Waals surface area contributed by atoms with E-state index in [1.165, 1.54) is 10.9 Å². The quantitative estimate of drug-likeness (QED) is 0.460. The van der Waals surface area contributed by atoms with Gasteiger partial charge in [0.05, 0.1) is 18.9 Å². The summed E-state index contributed by atoms with van der Waals surface area (Å²) in [5, 5.41) is 15.1. The van der Waals surface area contributed by atoms with Crippen LogP contribution < -0.4 is 15.0 Å². The molecule has 1 aliphatic carbocycles. The van der Waals surface area contributed by atoms with E-state index in [2.05, 4.69) is 5.10 Å². The summed E-state index contributed by atoms with van der Waals surface area (Å²) in [5.41, 5.74) is 2.66. The van der Waals surface area contributed by atoms with Crippen LogP contribution in [-0.2, 0) is 0 Å². The van der Waals surface area contributed by atoms with E-state index in [1.54, 1.807) is 29.8 Å². The van der Waals surface area contributed by atoms with Crippen molar-refractivity contribution in [1.82, 2.24) is 14.2 Å². The van der Waals surface area contributed by atoms with E-state index in [0.717, 1.165) is 24.0 Å². The monoisotopic (exact) mass is 451 g/mol. The second kappa shape index (κ2) is 8.33. The van der Waals surface area contributed by atoms with Gasteiger partial charge in [0, 0.05) is 22.8 Å². The summed E-state index contributed by atoms with van der Waals surface area (Å²) in [6, 6.07) is 14.5. The van der Waals surface area contributed by atoms with Crippen LogP contribution in [0.5, 0.6) is 11.5 Å². The minimum Gasteiger partial charge on any atom is -0.493 e. The maximum Gasteiger partial charge on any atom is 0.282 e. The van der Waals surface area contributed by atoms with Crippen LogP contribution in [0.4, 0.5) is 0 Å². The van der Waals surface area contributed by atoms with Gasteiger partial charge in [0.15, 0.2) is 11.5 Å². The van der Waals surface area contributed by atoms with E-state index in [9.17, 15) is 9.90 Å². The summed E-state index contributed by atoms with van der Waals surface area (Å²) in [5.74, 6) is 1.33. The van der Waals surface area contributed by atoms with Crippen LogP contribution in [0.1, 0.15) is 12.8 Å². The highest BCUT2D eigenvalue weighted by molar-refractivity contribution is 6.30. The highest BCUT2D eigenvalue weighted by atomic mass is 35.5. The zero-order valence-corrected chi connectivity index (χ0v) is 18.2. The molecule has 8 heteroatoms. The van der Waals surface area contributed by atoms with E-state index < -0.39 is 6.10 Å². The number of aliphatic hydroxyl groups is 1. The first-order valence-corrected chi connectivity index (χ1v) is 10.8. The normalized spacial score (nSPS) is 14.5. The van der Waals surface area contributed by atoms with Gasteiger partial charge in [-0.25, -0.2) is 4.52 Å². The van der Waals surface area contributed by atoms with E-state index in [0.29, 0.717) is 33.6 Å². The number of aliphatic hydroxyl groups excluding tert-OH is 1. The molecule has 0 spiro atoms. The second-order valence-corrected chi connectivity index (χ2v) is 8.36. The molecule has 0 amide bonds. The second-order valence-electron chi connectivity index (χ2n) is 7.92. The predicted octanol–water partition coefficient (Wildman–Crippen LogP) is 3.96. The van der Waals surface area contributed by atoms with Crippen molar-refractivity contribution in [3.05, 3.63) is 76.4 Å². The highest BCUT2D eigenvalue weighted by Gasteiger charge is 2.30. The lowest BCUT2D eigenvalue weighted by Gasteiger charge is -2.15. The standard InChI is InChI=1S/C24H22ClN3O4/c1-31-23-11-19(8-9-22(23)32-13-21(29)16-2-3-16)27-14-26-28-12-17(10-20(28)24(27)30)15-4-6-18(25)7-5-15/h4-12,14,16,21,29H,2-3,13H2,1H3/t21-/m0/s1. The van der Waals surface area contributed by atoms with Crippen LogP contribution in [0.3, 0.4) is 0 Å². The summed E-state index contributed by atoms with van der Waals surface area (Å²) in [4.78, 5) is 13.2. The van der Waals surface area contributed by atoms with E-state index in [-0.39, 0.29) is 12.2 Å². The molecule has 0 bridgehead atoms. The molecule has 0 radical (unpaired) electrons. The molecule has 2 aromatic heterocycles. The Balaban J connectivity index is 1.46. The van der Waals surface area contributed by atoms with Gasteiger partial charge in [-0.1, -0.05) is 23.7 Å². The molecule has 2 heterocycles. The van der Waals surface area contributed by atoms with E-state index in [4.69, 9.17) is 21.1 Å². The maximum atomic E-state index is 13.2. The van der Waals surface area contributed by atoms with Gasteiger partial charge in [0.25, 0.3) is 5.56 Å². The van der Waals surface area contributed by atoms with Gasteiger partial charge in [-0.2, -0.15) is 5.10 Å². The zero-order chi connectivity index (χ0) is 22.2. The lowest BCUT2D eigenvalue weighted by Crippen LogP contribution is -2.21. The lowest BCUT2D eigenvalue weighted by molar-refractivity contribution is 0.0880. The number of benzene rings is 2. The summed E-state index contributed by atoms with van der Waals surface area (Å²) in [7, 11) is 1.54. The third kappa shape index (κ3) is 3.97. The molecule has 0 aliphatic heterocycles. The number of nitrogens with zero attached hydrogens (tertiary/aromatic N) is 3. The Morgan fingerprint density at radius 1 is 1.12 bits per heavy atom. The minimum atomic E-state index is -0.474. The van der Waals surface area contributed by atoms with E-state index in [1.807, 2.05) is 36.5 Å². The van der Waals surface area contributed by atoms with Gasteiger partial charge in [0.1, 0.15) is 18.5 Å². The Kier molecular flexibility index (Phi) is 5.36. The molecule has 0 saturated heterocycles. The molecule has 5 rings (SSSR count). The molecular formula is C24H22ClN3O4. The predicted molar refractivity (Wildman–Crippen MR) is 122 cm³/mol. The van der Waals surface area contributed by atoms with Crippen molar-refractivity contribution < 1.29 is 14.6 Å². The molecule has 1 aliphatic rings. The highest BCUT2D eigenvalue weighted by Crippen LogP contribution is 2.34. The number of fused-ring (bicyclic) bond motifs is 1. The fraction of sp³-hybridized carbons (Fsp3) is 0.250. The van der Waals surface area contributed by atoms with E-state index >= 15 is 0 Å². The fourth-order valence-electron chi connectivity index (χ4n) is 3.69. The molecular weight excluding hydrogens is 430 g/mol. The largest absolute Gasteiger partial charge is 0.493 e. The Labute approximate surface area is 189 Å². The molecule has 32 heavy (non-hydrogen) atoms. The average molecular weight is 452 g/mol. The van der Waals surface area contributed by atoms with Gasteiger partial charge in [-0.15, -0.1) is 0 Å². The smallest absolute Gasteiger partial charge is 0.282 e. The van der Waals surface area contributed by atoms with Crippen molar-refractivity contribution in [2.75, 3.05) is 13.7 Å². The van der Waals surface area contributed by atoms with Gasteiger partial charge in [-0.05, 0) is 54.7 Å². The number of aromatic nitrogens is 3. The maximum absolute atomic E-state index is 13.2. The van der Waals surface area contributed by atoms with Crippen molar-refractivity contribution >= 4 is 17.1 Å². The third-order valence-corrected chi connectivity index (χ3v) is 5.96. The molecule has 1 atom stereocenters.